The molecule has 0 aliphatic carbocycles. The molecule has 0 unspecified atom stereocenters. The molecule has 4 heteroatoms. The predicted octanol–water partition coefficient (Wildman–Crippen LogP) is 0.509. The van der Waals surface area contributed by atoms with E-state index in [0.29, 0.717) is 0 Å². The van der Waals surface area contributed by atoms with Crippen LogP contribution in [-0.4, -0.2) is 25.4 Å². The molecule has 0 fully saturated rings. The van der Waals surface area contributed by atoms with Crippen LogP contribution in [0.5, 0.6) is 0 Å². The van der Waals surface area contributed by atoms with E-state index in [-0.39, 0.29) is 0 Å². The molecule has 72 valence electrons. The van der Waals surface area contributed by atoms with Crippen LogP contribution < -0.4 is 5.32 Å². The van der Waals surface area contributed by atoms with Gasteiger partial charge in [-0.25, -0.2) is 0 Å². The molecule has 0 atom stereocenters. The third-order valence-electron chi connectivity index (χ3n) is 2.27. The molecule has 0 saturated heterocycles. The van der Waals surface area contributed by atoms with Crippen molar-refractivity contribution in [3.05, 3.63) is 17.0 Å². The Hall–Kier alpha value is -0.870. The van der Waals surface area contributed by atoms with E-state index in [2.05, 4.69) is 10.5 Å². The Labute approximate surface area is 77.2 Å². The maximum absolute atomic E-state index is 5.37. The lowest BCUT2D eigenvalue weighted by Crippen LogP contribution is -2.07. The van der Waals surface area contributed by atoms with E-state index in [1.54, 1.807) is 0 Å². The molecule has 1 aromatic rings. The zero-order valence-electron chi connectivity index (χ0n) is 7.80. The second-order valence-electron chi connectivity index (χ2n) is 3.17. The van der Waals surface area contributed by atoms with Gasteiger partial charge in [-0.15, -0.1) is 0 Å². The van der Waals surface area contributed by atoms with Gasteiger partial charge in [0.1, 0.15) is 0 Å². The Kier molecular flexibility index (Phi) is 2.61. The van der Waals surface area contributed by atoms with E-state index in [4.69, 9.17) is 9.26 Å². The topological polar surface area (TPSA) is 47.3 Å². The molecule has 13 heavy (non-hydrogen) atoms. The summed E-state index contributed by atoms with van der Waals surface area (Å²) in [5.41, 5.74) is 2.31. The maximum Gasteiger partial charge on any atom is 0.154 e. The van der Waals surface area contributed by atoms with Crippen molar-refractivity contribution in [2.75, 3.05) is 20.3 Å². The Bertz CT molecular complexity index is 283. The lowest BCUT2D eigenvalue weighted by atomic mass is 10.1. The SMILES string of the molecule is CNCc1onc2c1CCOCC2. The number of nitrogens with zero attached hydrogens (tertiary/aromatic N) is 1. The zero-order chi connectivity index (χ0) is 9.10. The van der Waals surface area contributed by atoms with Crippen molar-refractivity contribution < 1.29 is 9.26 Å². The summed E-state index contributed by atoms with van der Waals surface area (Å²) in [6, 6.07) is 0. The zero-order valence-corrected chi connectivity index (χ0v) is 7.80. The Balaban J connectivity index is 2.23. The molecule has 0 radical (unpaired) electrons. The molecule has 1 aromatic heterocycles. The minimum Gasteiger partial charge on any atom is -0.381 e. The molecular weight excluding hydrogens is 168 g/mol. The average molecular weight is 182 g/mol. The van der Waals surface area contributed by atoms with Crippen LogP contribution >= 0.6 is 0 Å². The number of hydrogen-bond donors (Lipinski definition) is 1. The third kappa shape index (κ3) is 1.73. The molecule has 0 spiro atoms. The summed E-state index contributed by atoms with van der Waals surface area (Å²) in [5.74, 6) is 0.961. The van der Waals surface area contributed by atoms with Crippen molar-refractivity contribution in [2.24, 2.45) is 0 Å². The lowest BCUT2D eigenvalue weighted by Gasteiger charge is -1.98. The number of fused-ring (bicyclic) bond motifs is 1. The van der Waals surface area contributed by atoms with E-state index < -0.39 is 0 Å². The highest BCUT2D eigenvalue weighted by molar-refractivity contribution is 5.24. The number of nitrogens with one attached hydrogen (secondary N) is 1. The highest BCUT2D eigenvalue weighted by atomic mass is 16.5. The molecule has 0 saturated carbocycles. The fraction of sp³-hybridized carbons (Fsp3) is 0.667. The van der Waals surface area contributed by atoms with Crippen LogP contribution in [0.25, 0.3) is 0 Å². The smallest absolute Gasteiger partial charge is 0.154 e. The summed E-state index contributed by atoms with van der Waals surface area (Å²) in [5, 5.41) is 7.11. The van der Waals surface area contributed by atoms with Gasteiger partial charge in [0.2, 0.25) is 0 Å². The van der Waals surface area contributed by atoms with E-state index >= 15 is 0 Å². The van der Waals surface area contributed by atoms with Gasteiger partial charge in [0.25, 0.3) is 0 Å². The van der Waals surface area contributed by atoms with Crippen LogP contribution in [0.15, 0.2) is 4.52 Å². The van der Waals surface area contributed by atoms with Gasteiger partial charge in [-0.3, -0.25) is 0 Å². The normalized spacial score (nSPS) is 16.7. The van der Waals surface area contributed by atoms with Crippen molar-refractivity contribution in [3.63, 3.8) is 0 Å². The van der Waals surface area contributed by atoms with Crippen LogP contribution in [0, 0.1) is 0 Å². The van der Waals surface area contributed by atoms with Gasteiger partial charge in [0.05, 0.1) is 25.5 Å². The first-order valence-corrected chi connectivity index (χ1v) is 4.60. The Morgan fingerprint density at radius 2 is 2.23 bits per heavy atom. The second-order valence-corrected chi connectivity index (χ2v) is 3.17. The van der Waals surface area contributed by atoms with Gasteiger partial charge in [-0.1, -0.05) is 5.16 Å². The minimum atomic E-state index is 0.752. The van der Waals surface area contributed by atoms with Gasteiger partial charge in [-0.05, 0) is 7.05 Å². The van der Waals surface area contributed by atoms with Crippen molar-refractivity contribution in [1.29, 1.82) is 0 Å². The molecule has 1 N–H and O–H groups in total. The van der Waals surface area contributed by atoms with Crippen molar-refractivity contribution in [3.8, 4) is 0 Å². The van der Waals surface area contributed by atoms with Gasteiger partial charge in [-0.2, -0.15) is 0 Å². The van der Waals surface area contributed by atoms with Crippen molar-refractivity contribution in [2.45, 2.75) is 19.4 Å². The molecule has 0 bridgehead atoms. The van der Waals surface area contributed by atoms with Crippen molar-refractivity contribution >= 4 is 0 Å². The largest absolute Gasteiger partial charge is 0.381 e. The molecule has 1 aliphatic heterocycles. The Morgan fingerprint density at radius 3 is 3.08 bits per heavy atom. The first-order valence-electron chi connectivity index (χ1n) is 4.60. The van der Waals surface area contributed by atoms with Gasteiger partial charge in [0, 0.05) is 18.4 Å². The number of hydrogen-bond acceptors (Lipinski definition) is 4. The predicted molar refractivity (Wildman–Crippen MR) is 47.5 cm³/mol. The first kappa shape index (κ1) is 8.72. The maximum atomic E-state index is 5.37. The highest BCUT2D eigenvalue weighted by Crippen LogP contribution is 2.18. The van der Waals surface area contributed by atoms with Gasteiger partial charge >= 0.3 is 0 Å². The third-order valence-corrected chi connectivity index (χ3v) is 2.27. The molecule has 0 amide bonds. The summed E-state index contributed by atoms with van der Waals surface area (Å²) < 4.78 is 10.6. The summed E-state index contributed by atoms with van der Waals surface area (Å²) in [6.45, 7) is 2.30. The quantitative estimate of drug-likeness (QED) is 0.724. The van der Waals surface area contributed by atoms with Gasteiger partial charge in [0.15, 0.2) is 5.76 Å². The standard InChI is InChI=1S/C9H14N2O2/c1-10-6-9-7-2-4-12-5-3-8(7)11-13-9/h10H,2-6H2,1H3. The lowest BCUT2D eigenvalue weighted by molar-refractivity contribution is 0.144. The second kappa shape index (κ2) is 3.89. The van der Waals surface area contributed by atoms with Crippen LogP contribution in [-0.2, 0) is 24.1 Å². The van der Waals surface area contributed by atoms with E-state index in [9.17, 15) is 0 Å². The van der Waals surface area contributed by atoms with Gasteiger partial charge < -0.3 is 14.6 Å². The van der Waals surface area contributed by atoms with E-state index in [1.807, 2.05) is 7.05 Å². The molecular formula is C9H14N2O2. The molecule has 0 aromatic carbocycles. The number of rotatable bonds is 2. The summed E-state index contributed by atoms with van der Waals surface area (Å²) in [7, 11) is 1.90. The summed E-state index contributed by atoms with van der Waals surface area (Å²) in [4.78, 5) is 0. The van der Waals surface area contributed by atoms with Crippen LogP contribution in [0.1, 0.15) is 17.0 Å². The highest BCUT2D eigenvalue weighted by Gasteiger charge is 2.17. The fourth-order valence-electron chi connectivity index (χ4n) is 1.61. The average Bonchev–Trinajstić information content (AvgIpc) is 2.38. The van der Waals surface area contributed by atoms with Crippen LogP contribution in [0.4, 0.5) is 0 Å². The first-order chi connectivity index (χ1) is 6.42. The molecule has 1 aliphatic rings. The Morgan fingerprint density at radius 1 is 1.38 bits per heavy atom. The molecule has 2 heterocycles. The van der Waals surface area contributed by atoms with Crippen molar-refractivity contribution in [1.82, 2.24) is 10.5 Å². The fourth-order valence-corrected chi connectivity index (χ4v) is 1.61. The monoisotopic (exact) mass is 182 g/mol. The number of aromatic nitrogens is 1. The summed E-state index contributed by atoms with van der Waals surface area (Å²) in [6.07, 6.45) is 1.80. The minimum absolute atomic E-state index is 0.752. The number of ether oxygens (including phenoxy) is 1. The van der Waals surface area contributed by atoms with E-state index in [0.717, 1.165) is 44.1 Å². The summed E-state index contributed by atoms with van der Waals surface area (Å²) >= 11 is 0. The molecule has 2 rings (SSSR count). The van der Waals surface area contributed by atoms with Crippen LogP contribution in [0.2, 0.25) is 0 Å². The van der Waals surface area contributed by atoms with Crippen LogP contribution in [0.3, 0.4) is 0 Å². The van der Waals surface area contributed by atoms with E-state index in [1.165, 1.54) is 5.56 Å². The molecule has 4 nitrogen and oxygen atoms in total.